The Morgan fingerprint density at radius 1 is 1.11 bits per heavy atom. The van der Waals surface area contributed by atoms with Gasteiger partial charge in [-0.25, -0.2) is 4.39 Å². The molecule has 2 aromatic rings. The average Bonchev–Trinajstić information content (AvgIpc) is 2.39. The van der Waals surface area contributed by atoms with Gasteiger partial charge in [0.15, 0.2) is 0 Å². The van der Waals surface area contributed by atoms with Crippen molar-refractivity contribution in [2.75, 3.05) is 0 Å². The van der Waals surface area contributed by atoms with Crippen LogP contribution in [0.2, 0.25) is 0 Å². The zero-order valence-corrected chi connectivity index (χ0v) is 12.9. The van der Waals surface area contributed by atoms with Gasteiger partial charge in [0.1, 0.15) is 24.5 Å². The molecule has 19 heavy (non-hydrogen) atoms. The van der Waals surface area contributed by atoms with Crippen molar-refractivity contribution in [3.05, 3.63) is 62.3 Å². The summed E-state index contributed by atoms with van der Waals surface area (Å²) in [6.45, 7) is 0.305. The van der Waals surface area contributed by atoms with Gasteiger partial charge in [0.2, 0.25) is 0 Å². The van der Waals surface area contributed by atoms with Crippen LogP contribution in [0, 0.1) is 5.82 Å². The SMILES string of the molecule is O=Cc1ccc(OCc2ccc(F)cc2Br)c(Br)c1. The molecular weight excluding hydrogens is 379 g/mol. The van der Waals surface area contributed by atoms with Crippen LogP contribution in [0.5, 0.6) is 5.75 Å². The van der Waals surface area contributed by atoms with Gasteiger partial charge < -0.3 is 4.74 Å². The molecule has 0 aliphatic carbocycles. The van der Waals surface area contributed by atoms with Gasteiger partial charge in [0.05, 0.1) is 4.47 Å². The van der Waals surface area contributed by atoms with Crippen LogP contribution in [0.3, 0.4) is 0 Å². The Labute approximate surface area is 126 Å². The Balaban J connectivity index is 2.12. The molecule has 2 aromatic carbocycles. The van der Waals surface area contributed by atoms with E-state index < -0.39 is 0 Å². The summed E-state index contributed by atoms with van der Waals surface area (Å²) in [5.74, 6) is 0.328. The van der Waals surface area contributed by atoms with Gasteiger partial charge in [-0.1, -0.05) is 22.0 Å². The summed E-state index contributed by atoms with van der Waals surface area (Å²) in [6, 6.07) is 9.50. The van der Waals surface area contributed by atoms with Crippen molar-refractivity contribution in [3.8, 4) is 5.75 Å². The fourth-order valence-corrected chi connectivity index (χ4v) is 2.48. The van der Waals surface area contributed by atoms with E-state index >= 15 is 0 Å². The standard InChI is InChI=1S/C14H9Br2FO2/c15-12-6-11(17)3-2-10(12)8-19-14-4-1-9(7-18)5-13(14)16/h1-7H,8H2. The number of ether oxygens (including phenoxy) is 1. The fourth-order valence-electron chi connectivity index (χ4n) is 1.50. The summed E-state index contributed by atoms with van der Waals surface area (Å²) >= 11 is 6.62. The third-order valence-corrected chi connectivity index (χ3v) is 3.85. The maximum absolute atomic E-state index is 12.9. The quantitative estimate of drug-likeness (QED) is 0.708. The van der Waals surface area contributed by atoms with E-state index in [2.05, 4.69) is 31.9 Å². The van der Waals surface area contributed by atoms with Crippen LogP contribution < -0.4 is 4.74 Å². The number of halogens is 3. The molecule has 0 fully saturated rings. The van der Waals surface area contributed by atoms with Crippen molar-refractivity contribution < 1.29 is 13.9 Å². The van der Waals surface area contributed by atoms with Crippen LogP contribution in [-0.4, -0.2) is 6.29 Å². The molecule has 98 valence electrons. The average molecular weight is 388 g/mol. The molecule has 0 heterocycles. The molecule has 0 saturated heterocycles. The molecule has 5 heteroatoms. The molecule has 0 N–H and O–H groups in total. The van der Waals surface area contributed by atoms with Gasteiger partial charge in [-0.05, 0) is 46.3 Å². The highest BCUT2D eigenvalue weighted by molar-refractivity contribution is 9.10. The predicted octanol–water partition coefficient (Wildman–Crippen LogP) is 4.74. The molecule has 0 aliphatic rings. The Morgan fingerprint density at radius 3 is 2.53 bits per heavy atom. The van der Waals surface area contributed by atoms with Gasteiger partial charge in [-0.15, -0.1) is 0 Å². The van der Waals surface area contributed by atoms with Gasteiger partial charge >= 0.3 is 0 Å². The molecule has 2 rings (SSSR count). The van der Waals surface area contributed by atoms with Crippen LogP contribution in [0.4, 0.5) is 4.39 Å². The molecule has 0 radical (unpaired) electrons. The predicted molar refractivity (Wildman–Crippen MR) is 78.0 cm³/mol. The van der Waals surface area contributed by atoms with E-state index in [1.165, 1.54) is 12.1 Å². The third-order valence-electron chi connectivity index (χ3n) is 2.49. The van der Waals surface area contributed by atoms with Crippen molar-refractivity contribution in [2.45, 2.75) is 6.61 Å². The van der Waals surface area contributed by atoms with Crippen molar-refractivity contribution >= 4 is 38.1 Å². The minimum atomic E-state index is -0.299. The Kier molecular flexibility index (Phi) is 4.71. The van der Waals surface area contributed by atoms with E-state index in [0.29, 0.717) is 26.9 Å². The number of rotatable bonds is 4. The first-order chi connectivity index (χ1) is 9.10. The lowest BCUT2D eigenvalue weighted by molar-refractivity contribution is 0.112. The molecule has 0 aromatic heterocycles. The van der Waals surface area contributed by atoms with Gasteiger partial charge in [0.25, 0.3) is 0 Å². The second-order valence-corrected chi connectivity index (χ2v) is 5.54. The molecule has 2 nitrogen and oxygen atoms in total. The zero-order valence-electron chi connectivity index (χ0n) is 9.70. The summed E-state index contributed by atoms with van der Waals surface area (Å²) < 4.78 is 19.9. The molecular formula is C14H9Br2FO2. The normalized spacial score (nSPS) is 10.3. The topological polar surface area (TPSA) is 26.3 Å². The van der Waals surface area contributed by atoms with E-state index in [-0.39, 0.29) is 5.82 Å². The highest BCUT2D eigenvalue weighted by atomic mass is 79.9. The van der Waals surface area contributed by atoms with Gasteiger partial charge in [-0.3, -0.25) is 4.79 Å². The van der Waals surface area contributed by atoms with Crippen LogP contribution in [0.15, 0.2) is 45.3 Å². The molecule has 0 saturated carbocycles. The minimum Gasteiger partial charge on any atom is -0.488 e. The van der Waals surface area contributed by atoms with E-state index in [9.17, 15) is 9.18 Å². The Morgan fingerprint density at radius 2 is 1.89 bits per heavy atom. The van der Waals surface area contributed by atoms with Crippen molar-refractivity contribution in [1.82, 2.24) is 0 Å². The second kappa shape index (κ2) is 6.30. The van der Waals surface area contributed by atoms with Crippen molar-refractivity contribution in [1.29, 1.82) is 0 Å². The molecule has 0 spiro atoms. The number of benzene rings is 2. The monoisotopic (exact) mass is 386 g/mol. The zero-order chi connectivity index (χ0) is 13.8. The molecule has 0 atom stereocenters. The number of aldehydes is 1. The fraction of sp³-hybridized carbons (Fsp3) is 0.0714. The second-order valence-electron chi connectivity index (χ2n) is 3.83. The summed E-state index contributed by atoms with van der Waals surface area (Å²) in [7, 11) is 0. The Hall–Kier alpha value is -1.20. The molecule has 0 unspecified atom stereocenters. The summed E-state index contributed by atoms with van der Waals surface area (Å²) in [5.41, 5.74) is 1.41. The largest absolute Gasteiger partial charge is 0.488 e. The van der Waals surface area contributed by atoms with Crippen molar-refractivity contribution in [3.63, 3.8) is 0 Å². The summed E-state index contributed by atoms with van der Waals surface area (Å²) in [6.07, 6.45) is 0.769. The maximum atomic E-state index is 12.9. The van der Waals surface area contributed by atoms with E-state index in [4.69, 9.17) is 4.74 Å². The first-order valence-corrected chi connectivity index (χ1v) is 7.00. The maximum Gasteiger partial charge on any atom is 0.150 e. The number of hydrogen-bond donors (Lipinski definition) is 0. The highest BCUT2D eigenvalue weighted by Crippen LogP contribution is 2.27. The molecule has 0 amide bonds. The number of carbonyl (C=O) groups excluding carboxylic acids is 1. The first-order valence-electron chi connectivity index (χ1n) is 5.41. The van der Waals surface area contributed by atoms with Crippen LogP contribution in [0.25, 0.3) is 0 Å². The highest BCUT2D eigenvalue weighted by Gasteiger charge is 2.06. The van der Waals surface area contributed by atoms with Crippen LogP contribution >= 0.6 is 31.9 Å². The summed E-state index contributed by atoms with van der Waals surface area (Å²) in [4.78, 5) is 10.6. The van der Waals surface area contributed by atoms with Gasteiger partial charge in [-0.2, -0.15) is 0 Å². The lowest BCUT2D eigenvalue weighted by Crippen LogP contribution is -1.98. The smallest absolute Gasteiger partial charge is 0.150 e. The van der Waals surface area contributed by atoms with Crippen molar-refractivity contribution in [2.24, 2.45) is 0 Å². The minimum absolute atomic E-state index is 0.299. The van der Waals surface area contributed by atoms with E-state index in [1.807, 2.05) is 0 Å². The first kappa shape index (κ1) is 14.2. The lowest BCUT2D eigenvalue weighted by atomic mass is 10.2. The Bertz CT molecular complexity index is 614. The van der Waals surface area contributed by atoms with E-state index in [1.54, 1.807) is 24.3 Å². The summed E-state index contributed by atoms with van der Waals surface area (Å²) in [5, 5.41) is 0. The molecule has 0 aliphatic heterocycles. The lowest BCUT2D eigenvalue weighted by Gasteiger charge is -2.10. The van der Waals surface area contributed by atoms with Gasteiger partial charge in [0, 0.05) is 15.6 Å². The van der Waals surface area contributed by atoms with Crippen LogP contribution in [-0.2, 0) is 6.61 Å². The number of carbonyl (C=O) groups is 1. The molecule has 0 bridgehead atoms. The third kappa shape index (κ3) is 3.64. The van der Waals surface area contributed by atoms with Crippen LogP contribution in [0.1, 0.15) is 15.9 Å². The van der Waals surface area contributed by atoms with E-state index in [0.717, 1.165) is 11.8 Å². The number of hydrogen-bond acceptors (Lipinski definition) is 2.